The Bertz CT molecular complexity index is 556. The largest absolute Gasteiger partial charge is 0.454 e. The van der Waals surface area contributed by atoms with Crippen LogP contribution < -0.4 is 19.9 Å². The first-order valence-electron chi connectivity index (χ1n) is 7.29. The zero-order valence-electron chi connectivity index (χ0n) is 12.5. The minimum Gasteiger partial charge on any atom is -0.454 e. The summed E-state index contributed by atoms with van der Waals surface area (Å²) in [5, 5.41) is 0. The van der Waals surface area contributed by atoms with Crippen LogP contribution in [0.15, 0.2) is 12.1 Å². The van der Waals surface area contributed by atoms with Gasteiger partial charge < -0.3 is 19.9 Å². The molecule has 0 amide bonds. The maximum atomic E-state index is 12.6. The van der Waals surface area contributed by atoms with Crippen molar-refractivity contribution in [3.63, 3.8) is 0 Å². The first-order valence-corrected chi connectivity index (χ1v) is 7.29. The van der Waals surface area contributed by atoms with Crippen molar-refractivity contribution in [3.8, 4) is 17.2 Å². The number of hydrogen-bond acceptors (Lipinski definition) is 5. The molecular formula is C15H20F2N2O3. The molecule has 1 unspecified atom stereocenters. The highest BCUT2D eigenvalue weighted by atomic mass is 19.3. The van der Waals surface area contributed by atoms with Gasteiger partial charge in [0.05, 0.1) is 0 Å². The lowest BCUT2D eigenvalue weighted by Gasteiger charge is -2.23. The van der Waals surface area contributed by atoms with Crippen molar-refractivity contribution in [3.05, 3.63) is 17.7 Å². The Labute approximate surface area is 127 Å². The minimum absolute atomic E-state index is 0.0834. The van der Waals surface area contributed by atoms with Gasteiger partial charge in [-0.3, -0.25) is 4.90 Å². The maximum Gasteiger partial charge on any atom is 0.387 e. The SMILES string of the molecule is CC1(CN)CCN(Cc2cc3c(cc2OC(F)F)OCO3)C1. The van der Waals surface area contributed by atoms with Crippen molar-refractivity contribution in [1.29, 1.82) is 0 Å². The summed E-state index contributed by atoms with van der Waals surface area (Å²) >= 11 is 0. The van der Waals surface area contributed by atoms with Gasteiger partial charge in [-0.05, 0) is 31.0 Å². The van der Waals surface area contributed by atoms with Crippen LogP contribution in [-0.4, -0.2) is 37.9 Å². The average Bonchev–Trinajstić information content (AvgIpc) is 3.06. The number of hydrogen-bond donors (Lipinski definition) is 1. The van der Waals surface area contributed by atoms with Crippen LogP contribution in [0.4, 0.5) is 8.78 Å². The Balaban J connectivity index is 1.80. The molecule has 122 valence electrons. The third kappa shape index (κ3) is 3.10. The molecule has 0 radical (unpaired) electrons. The second-order valence-electron chi connectivity index (χ2n) is 6.17. The summed E-state index contributed by atoms with van der Waals surface area (Å²) in [6.45, 7) is 2.24. The normalized spacial score (nSPS) is 24.2. The number of halogens is 2. The lowest BCUT2D eigenvalue weighted by Crippen LogP contribution is -2.31. The van der Waals surface area contributed by atoms with Crippen molar-refractivity contribution < 1.29 is 23.0 Å². The molecule has 1 fully saturated rings. The third-order valence-electron chi connectivity index (χ3n) is 4.30. The summed E-state index contributed by atoms with van der Waals surface area (Å²) in [5.74, 6) is 1.14. The Morgan fingerprint density at radius 3 is 2.73 bits per heavy atom. The molecule has 1 aromatic carbocycles. The van der Waals surface area contributed by atoms with E-state index in [2.05, 4.69) is 16.6 Å². The van der Waals surface area contributed by atoms with Gasteiger partial charge in [-0.25, -0.2) is 0 Å². The molecule has 7 heteroatoms. The van der Waals surface area contributed by atoms with E-state index >= 15 is 0 Å². The molecule has 0 aromatic heterocycles. The van der Waals surface area contributed by atoms with Gasteiger partial charge >= 0.3 is 6.61 Å². The molecule has 0 spiro atoms. The van der Waals surface area contributed by atoms with Gasteiger partial charge in [0, 0.05) is 24.7 Å². The van der Waals surface area contributed by atoms with E-state index in [0.29, 0.717) is 30.2 Å². The topological polar surface area (TPSA) is 57.0 Å². The van der Waals surface area contributed by atoms with E-state index in [1.165, 1.54) is 6.07 Å². The number of benzene rings is 1. The standard InChI is InChI=1S/C15H20F2N2O3/c1-15(7-18)2-3-19(8-15)6-10-4-12-13(21-9-20-12)5-11(10)22-14(16)17/h4-5,14H,2-3,6-9,18H2,1H3. The van der Waals surface area contributed by atoms with Crippen LogP contribution in [0.25, 0.3) is 0 Å². The number of rotatable bonds is 5. The van der Waals surface area contributed by atoms with Crippen molar-refractivity contribution in [2.45, 2.75) is 26.5 Å². The fraction of sp³-hybridized carbons (Fsp3) is 0.600. The molecule has 2 N–H and O–H groups in total. The van der Waals surface area contributed by atoms with Crippen molar-refractivity contribution in [2.24, 2.45) is 11.1 Å². The monoisotopic (exact) mass is 314 g/mol. The van der Waals surface area contributed by atoms with E-state index in [4.69, 9.17) is 15.2 Å². The predicted octanol–water partition coefficient (Wildman–Crippen LogP) is 2.19. The van der Waals surface area contributed by atoms with Crippen molar-refractivity contribution in [2.75, 3.05) is 26.4 Å². The van der Waals surface area contributed by atoms with Crippen LogP contribution in [0.3, 0.4) is 0 Å². The van der Waals surface area contributed by atoms with Gasteiger partial charge in [0.25, 0.3) is 0 Å². The van der Waals surface area contributed by atoms with Crippen LogP contribution in [0.1, 0.15) is 18.9 Å². The number of alkyl halides is 2. The van der Waals surface area contributed by atoms with E-state index in [9.17, 15) is 8.78 Å². The maximum absolute atomic E-state index is 12.6. The third-order valence-corrected chi connectivity index (χ3v) is 4.30. The quantitative estimate of drug-likeness (QED) is 0.903. The summed E-state index contributed by atoms with van der Waals surface area (Å²) < 4.78 is 40.4. The van der Waals surface area contributed by atoms with Crippen LogP contribution in [0.2, 0.25) is 0 Å². The summed E-state index contributed by atoms with van der Waals surface area (Å²) in [7, 11) is 0. The van der Waals surface area contributed by atoms with Crippen LogP contribution in [-0.2, 0) is 6.54 Å². The van der Waals surface area contributed by atoms with Crippen molar-refractivity contribution >= 4 is 0 Å². The molecule has 0 bridgehead atoms. The number of fused-ring (bicyclic) bond motifs is 1. The highest BCUT2D eigenvalue weighted by Gasteiger charge is 2.33. The van der Waals surface area contributed by atoms with E-state index in [1.54, 1.807) is 6.07 Å². The predicted molar refractivity (Wildman–Crippen MR) is 76.3 cm³/mol. The first kappa shape index (κ1) is 15.3. The van der Waals surface area contributed by atoms with E-state index in [0.717, 1.165) is 19.5 Å². The molecule has 22 heavy (non-hydrogen) atoms. The van der Waals surface area contributed by atoms with Gasteiger partial charge in [0.2, 0.25) is 6.79 Å². The molecular weight excluding hydrogens is 294 g/mol. The lowest BCUT2D eigenvalue weighted by atomic mass is 9.90. The van der Waals surface area contributed by atoms with Crippen LogP contribution in [0.5, 0.6) is 17.2 Å². The summed E-state index contributed by atoms with van der Waals surface area (Å²) in [4.78, 5) is 2.20. The number of ether oxygens (including phenoxy) is 3. The number of likely N-dealkylation sites (tertiary alicyclic amines) is 1. The van der Waals surface area contributed by atoms with Crippen molar-refractivity contribution in [1.82, 2.24) is 4.90 Å². The van der Waals surface area contributed by atoms with Crippen LogP contribution in [0, 0.1) is 5.41 Å². The van der Waals surface area contributed by atoms with Gasteiger partial charge in [0.15, 0.2) is 11.5 Å². The molecule has 0 aliphatic carbocycles. The van der Waals surface area contributed by atoms with Crippen LogP contribution >= 0.6 is 0 Å². The zero-order chi connectivity index (χ0) is 15.7. The minimum atomic E-state index is -2.87. The van der Waals surface area contributed by atoms with Gasteiger partial charge in [-0.1, -0.05) is 6.92 Å². The fourth-order valence-electron chi connectivity index (χ4n) is 2.96. The van der Waals surface area contributed by atoms with Gasteiger partial charge in [-0.2, -0.15) is 8.78 Å². The number of nitrogens with zero attached hydrogens (tertiary/aromatic N) is 1. The molecule has 2 aliphatic heterocycles. The smallest absolute Gasteiger partial charge is 0.387 e. The highest BCUT2D eigenvalue weighted by molar-refractivity contribution is 5.51. The van der Waals surface area contributed by atoms with E-state index < -0.39 is 6.61 Å². The summed E-state index contributed by atoms with van der Waals surface area (Å²) in [6.07, 6.45) is 0.999. The zero-order valence-corrected chi connectivity index (χ0v) is 12.5. The summed E-state index contributed by atoms with van der Waals surface area (Å²) in [6, 6.07) is 3.19. The Hall–Kier alpha value is -1.60. The Morgan fingerprint density at radius 2 is 2.09 bits per heavy atom. The lowest BCUT2D eigenvalue weighted by molar-refractivity contribution is -0.0508. The Morgan fingerprint density at radius 1 is 1.36 bits per heavy atom. The summed E-state index contributed by atoms with van der Waals surface area (Å²) in [5.41, 5.74) is 6.56. The number of nitrogens with two attached hydrogens (primary N) is 1. The molecule has 2 heterocycles. The Kier molecular flexibility index (Phi) is 4.10. The molecule has 3 rings (SSSR count). The van der Waals surface area contributed by atoms with E-state index in [1.807, 2.05) is 0 Å². The molecule has 1 atom stereocenters. The second kappa shape index (κ2) is 5.89. The van der Waals surface area contributed by atoms with Gasteiger partial charge in [-0.15, -0.1) is 0 Å². The second-order valence-corrected chi connectivity index (χ2v) is 6.17. The van der Waals surface area contributed by atoms with Gasteiger partial charge in [0.1, 0.15) is 5.75 Å². The molecule has 1 aromatic rings. The highest BCUT2D eigenvalue weighted by Crippen LogP contribution is 2.40. The molecule has 5 nitrogen and oxygen atoms in total. The van der Waals surface area contributed by atoms with E-state index in [-0.39, 0.29) is 18.0 Å². The fourth-order valence-corrected chi connectivity index (χ4v) is 2.96. The molecule has 2 aliphatic rings. The molecule has 1 saturated heterocycles. The first-order chi connectivity index (χ1) is 10.5. The molecule has 0 saturated carbocycles. The average molecular weight is 314 g/mol.